The highest BCUT2D eigenvalue weighted by Crippen LogP contribution is 2.33. The van der Waals surface area contributed by atoms with Crippen LogP contribution >= 0.6 is 0 Å². The molecular formula is C21H21NO5. The normalized spacial score (nSPS) is 11.4. The van der Waals surface area contributed by atoms with Crippen molar-refractivity contribution in [2.75, 3.05) is 7.11 Å². The first-order valence-electron chi connectivity index (χ1n) is 8.45. The number of nitrogens with zero attached hydrogens (tertiary/aromatic N) is 1. The van der Waals surface area contributed by atoms with E-state index in [1.54, 1.807) is 46.1 Å². The van der Waals surface area contributed by atoms with Gasteiger partial charge in [0.25, 0.3) is 0 Å². The lowest BCUT2D eigenvalue weighted by molar-refractivity contribution is 0.0547. The molecule has 3 rings (SSSR count). The van der Waals surface area contributed by atoms with Crippen molar-refractivity contribution >= 4 is 23.3 Å². The van der Waals surface area contributed by atoms with Crippen LogP contribution in [0.3, 0.4) is 0 Å². The van der Waals surface area contributed by atoms with E-state index in [0.717, 1.165) is 5.39 Å². The van der Waals surface area contributed by atoms with E-state index in [0.29, 0.717) is 28.8 Å². The maximum atomic E-state index is 12.9. The number of benzene rings is 2. The molecule has 0 radical (unpaired) electrons. The summed E-state index contributed by atoms with van der Waals surface area (Å²) < 4.78 is 12.3. The summed E-state index contributed by atoms with van der Waals surface area (Å²) in [6, 6.07) is 11.8. The van der Waals surface area contributed by atoms with Crippen molar-refractivity contribution in [3.05, 3.63) is 48.0 Å². The van der Waals surface area contributed by atoms with Crippen molar-refractivity contribution in [3.63, 3.8) is 0 Å². The van der Waals surface area contributed by atoms with E-state index in [2.05, 4.69) is 0 Å². The van der Waals surface area contributed by atoms with Crippen molar-refractivity contribution in [2.45, 2.75) is 26.4 Å². The van der Waals surface area contributed by atoms with Gasteiger partial charge in [0.05, 0.1) is 23.9 Å². The van der Waals surface area contributed by atoms with E-state index in [4.69, 9.17) is 9.47 Å². The van der Waals surface area contributed by atoms with Crippen molar-refractivity contribution < 1.29 is 24.2 Å². The Balaban J connectivity index is 2.25. The van der Waals surface area contributed by atoms with E-state index < -0.39 is 11.7 Å². The highest BCUT2D eigenvalue weighted by atomic mass is 16.6. The van der Waals surface area contributed by atoms with Crippen LogP contribution in [0.5, 0.6) is 11.5 Å². The van der Waals surface area contributed by atoms with Gasteiger partial charge in [0.2, 0.25) is 0 Å². The fourth-order valence-corrected chi connectivity index (χ4v) is 2.85. The lowest BCUT2D eigenvalue weighted by atomic mass is 10.1. The molecule has 6 nitrogen and oxygen atoms in total. The molecule has 0 saturated heterocycles. The van der Waals surface area contributed by atoms with Crippen molar-refractivity contribution in [2.24, 2.45) is 0 Å². The van der Waals surface area contributed by atoms with Crippen LogP contribution in [0, 0.1) is 0 Å². The summed E-state index contributed by atoms with van der Waals surface area (Å²) in [5.41, 5.74) is 1.29. The van der Waals surface area contributed by atoms with Gasteiger partial charge in [-0.25, -0.2) is 9.36 Å². The summed E-state index contributed by atoms with van der Waals surface area (Å²) >= 11 is 0. The second kappa shape index (κ2) is 6.79. The summed E-state index contributed by atoms with van der Waals surface area (Å²) in [7, 11) is 1.57. The number of aromatic nitrogens is 1. The Hall–Kier alpha value is -3.28. The van der Waals surface area contributed by atoms with E-state index >= 15 is 0 Å². The molecule has 3 aromatic rings. The molecule has 1 aromatic heterocycles. The average Bonchev–Trinajstić information content (AvgIpc) is 2.99. The molecule has 0 unspecified atom stereocenters. The fraction of sp³-hybridized carbons (Fsp3) is 0.238. The van der Waals surface area contributed by atoms with Crippen LogP contribution in [0.4, 0.5) is 4.79 Å². The van der Waals surface area contributed by atoms with Gasteiger partial charge in [-0.15, -0.1) is 0 Å². The van der Waals surface area contributed by atoms with E-state index in [9.17, 15) is 14.7 Å². The first-order chi connectivity index (χ1) is 12.7. The van der Waals surface area contributed by atoms with Crippen LogP contribution in [-0.4, -0.2) is 34.8 Å². The largest absolute Gasteiger partial charge is 0.507 e. The molecular weight excluding hydrogens is 346 g/mol. The van der Waals surface area contributed by atoms with Crippen LogP contribution in [0.25, 0.3) is 22.2 Å². The summed E-state index contributed by atoms with van der Waals surface area (Å²) in [4.78, 5) is 24.1. The Morgan fingerprint density at radius 3 is 2.48 bits per heavy atom. The lowest BCUT2D eigenvalue weighted by Crippen LogP contribution is -2.27. The molecule has 6 heteroatoms. The Bertz CT molecular complexity index is 1030. The zero-order valence-electron chi connectivity index (χ0n) is 15.6. The number of fused-ring (bicyclic) bond motifs is 1. The summed E-state index contributed by atoms with van der Waals surface area (Å²) in [5, 5.41) is 10.6. The van der Waals surface area contributed by atoms with E-state index in [1.165, 1.54) is 16.7 Å². The topological polar surface area (TPSA) is 77.8 Å². The number of methoxy groups -OCH3 is 1. The average molecular weight is 367 g/mol. The smallest absolute Gasteiger partial charge is 0.419 e. The number of aldehydes is 1. The fourth-order valence-electron chi connectivity index (χ4n) is 2.85. The Labute approximate surface area is 156 Å². The van der Waals surface area contributed by atoms with Crippen LogP contribution in [-0.2, 0) is 4.74 Å². The second-order valence-corrected chi connectivity index (χ2v) is 7.16. The minimum absolute atomic E-state index is 0.115. The van der Waals surface area contributed by atoms with Crippen molar-refractivity contribution in [1.82, 2.24) is 4.57 Å². The standard InChI is InChI=1S/C21H21NO5/c1-21(2,3)27-20(25)22-17-7-6-16(26-4)10-14(17)11-18(22)13-5-8-19(24)15(9-13)12-23/h5-12,24H,1-4H3. The molecule has 0 fully saturated rings. The molecule has 0 bridgehead atoms. The highest BCUT2D eigenvalue weighted by Gasteiger charge is 2.23. The predicted molar refractivity (Wildman–Crippen MR) is 103 cm³/mol. The minimum atomic E-state index is -0.666. The number of hydrogen-bond acceptors (Lipinski definition) is 5. The number of rotatable bonds is 3. The van der Waals surface area contributed by atoms with Gasteiger partial charge >= 0.3 is 6.09 Å². The van der Waals surface area contributed by atoms with Gasteiger partial charge in [-0.3, -0.25) is 4.79 Å². The number of aromatic hydroxyl groups is 1. The van der Waals surface area contributed by atoms with Gasteiger partial charge in [-0.1, -0.05) is 0 Å². The molecule has 0 aliphatic rings. The number of carbonyl (C=O) groups excluding carboxylic acids is 2. The maximum absolute atomic E-state index is 12.9. The third kappa shape index (κ3) is 3.65. The van der Waals surface area contributed by atoms with Gasteiger partial charge < -0.3 is 14.6 Å². The minimum Gasteiger partial charge on any atom is -0.507 e. The number of ether oxygens (including phenoxy) is 2. The van der Waals surface area contributed by atoms with Crippen LogP contribution in [0.1, 0.15) is 31.1 Å². The number of hydrogen-bond donors (Lipinski definition) is 1. The third-order valence-corrected chi connectivity index (χ3v) is 4.04. The monoisotopic (exact) mass is 367 g/mol. The molecule has 27 heavy (non-hydrogen) atoms. The molecule has 0 amide bonds. The van der Waals surface area contributed by atoms with Crippen LogP contribution in [0.2, 0.25) is 0 Å². The van der Waals surface area contributed by atoms with Gasteiger partial charge in [0.15, 0.2) is 6.29 Å². The number of phenolic OH excluding ortho intramolecular Hbond substituents is 1. The Kier molecular flexibility index (Phi) is 4.66. The quantitative estimate of drug-likeness (QED) is 0.684. The molecule has 0 saturated carbocycles. The van der Waals surface area contributed by atoms with Crippen LogP contribution in [0.15, 0.2) is 42.5 Å². The van der Waals surface area contributed by atoms with Gasteiger partial charge in [0.1, 0.15) is 17.1 Å². The first kappa shape index (κ1) is 18.5. The van der Waals surface area contributed by atoms with Crippen molar-refractivity contribution in [1.29, 1.82) is 0 Å². The zero-order valence-corrected chi connectivity index (χ0v) is 15.6. The Morgan fingerprint density at radius 1 is 1.11 bits per heavy atom. The molecule has 0 aliphatic carbocycles. The lowest BCUT2D eigenvalue weighted by Gasteiger charge is -2.21. The summed E-state index contributed by atoms with van der Waals surface area (Å²) in [6.45, 7) is 5.39. The predicted octanol–water partition coefficient (Wildman–Crippen LogP) is 4.62. The molecule has 2 aromatic carbocycles. The third-order valence-electron chi connectivity index (χ3n) is 4.04. The summed E-state index contributed by atoms with van der Waals surface area (Å²) in [5.74, 6) is 0.546. The van der Waals surface area contributed by atoms with Crippen LogP contribution < -0.4 is 4.74 Å². The molecule has 0 spiro atoms. The Morgan fingerprint density at radius 2 is 1.85 bits per heavy atom. The zero-order chi connectivity index (χ0) is 19.8. The SMILES string of the molecule is COc1ccc2c(c1)cc(-c1ccc(O)c(C=O)c1)n2C(=O)OC(C)(C)C. The molecule has 140 valence electrons. The van der Waals surface area contributed by atoms with E-state index in [1.807, 2.05) is 12.1 Å². The molecule has 1 heterocycles. The van der Waals surface area contributed by atoms with Gasteiger partial charge in [-0.2, -0.15) is 0 Å². The number of carbonyl (C=O) groups is 2. The highest BCUT2D eigenvalue weighted by molar-refractivity contribution is 5.97. The van der Waals surface area contributed by atoms with Gasteiger partial charge in [-0.05, 0) is 68.8 Å². The van der Waals surface area contributed by atoms with Crippen molar-refractivity contribution in [3.8, 4) is 22.8 Å². The molecule has 0 aliphatic heterocycles. The molecule has 1 N–H and O–H groups in total. The number of phenols is 1. The second-order valence-electron chi connectivity index (χ2n) is 7.16. The first-order valence-corrected chi connectivity index (χ1v) is 8.45. The summed E-state index contributed by atoms with van der Waals surface area (Å²) in [6.07, 6.45) is 0.0425. The van der Waals surface area contributed by atoms with Gasteiger partial charge in [0, 0.05) is 5.39 Å². The van der Waals surface area contributed by atoms with E-state index in [-0.39, 0.29) is 11.3 Å². The molecule has 0 atom stereocenters. The maximum Gasteiger partial charge on any atom is 0.419 e.